The fourth-order valence-corrected chi connectivity index (χ4v) is 3.32. The van der Waals surface area contributed by atoms with Gasteiger partial charge in [0.05, 0.1) is 17.3 Å². The second-order valence-corrected chi connectivity index (χ2v) is 7.04. The first-order valence-corrected chi connectivity index (χ1v) is 9.29. The van der Waals surface area contributed by atoms with E-state index in [-0.39, 0.29) is 12.5 Å². The van der Waals surface area contributed by atoms with E-state index >= 15 is 0 Å². The minimum atomic E-state index is 0.0102. The number of nitrogens with one attached hydrogen (secondary N) is 1. The molecule has 1 N–H and O–H groups in total. The molecule has 2 aromatic rings. The number of carbonyl (C=O) groups excluding carboxylic acids is 1. The summed E-state index contributed by atoms with van der Waals surface area (Å²) < 4.78 is 10.9. The average Bonchev–Trinajstić information content (AvgIpc) is 3.01. The van der Waals surface area contributed by atoms with Gasteiger partial charge < -0.3 is 14.4 Å². The van der Waals surface area contributed by atoms with Gasteiger partial charge in [0.2, 0.25) is 5.91 Å². The Kier molecular flexibility index (Phi) is 6.52. The Balaban J connectivity index is 1.67. The highest BCUT2D eigenvalue weighted by atomic mass is 35.5. The van der Waals surface area contributed by atoms with Gasteiger partial charge in [0.1, 0.15) is 18.1 Å². The number of methoxy groups -OCH3 is 1. The van der Waals surface area contributed by atoms with Crippen molar-refractivity contribution in [3.8, 4) is 17.6 Å². The van der Waals surface area contributed by atoms with Gasteiger partial charge in [0, 0.05) is 44.9 Å². The zero-order valence-electron chi connectivity index (χ0n) is 15.9. The Labute approximate surface area is 168 Å². The quantitative estimate of drug-likeness (QED) is 0.795. The van der Waals surface area contributed by atoms with Gasteiger partial charge in [-0.25, -0.2) is 0 Å². The van der Waals surface area contributed by atoms with Crippen LogP contribution in [0.2, 0.25) is 5.02 Å². The highest BCUT2D eigenvalue weighted by Crippen LogP contribution is 2.30. The molecule has 28 heavy (non-hydrogen) atoms. The second-order valence-electron chi connectivity index (χ2n) is 6.60. The first-order valence-electron chi connectivity index (χ1n) is 8.91. The lowest BCUT2D eigenvalue weighted by Crippen LogP contribution is -2.49. The molecule has 9 heteroatoms. The highest BCUT2D eigenvalue weighted by molar-refractivity contribution is 6.30. The van der Waals surface area contributed by atoms with Gasteiger partial charge in [-0.3, -0.25) is 14.8 Å². The molecule has 1 fully saturated rings. The van der Waals surface area contributed by atoms with E-state index in [1.54, 1.807) is 18.2 Å². The van der Waals surface area contributed by atoms with Crippen LogP contribution in [0.3, 0.4) is 0 Å². The third-order valence-electron chi connectivity index (χ3n) is 4.55. The molecule has 0 saturated carbocycles. The number of nitriles is 1. The molecular formula is C19H22ClN5O3. The number of piperazine rings is 1. The fraction of sp³-hybridized carbons (Fsp3) is 0.421. The van der Waals surface area contributed by atoms with E-state index in [4.69, 9.17) is 26.3 Å². The van der Waals surface area contributed by atoms with Crippen LogP contribution in [0, 0.1) is 18.3 Å². The van der Waals surface area contributed by atoms with Crippen molar-refractivity contribution in [3.05, 3.63) is 40.2 Å². The van der Waals surface area contributed by atoms with E-state index in [9.17, 15) is 4.79 Å². The van der Waals surface area contributed by atoms with Crippen molar-refractivity contribution >= 4 is 17.5 Å². The third kappa shape index (κ3) is 4.81. The van der Waals surface area contributed by atoms with Crippen molar-refractivity contribution in [1.29, 1.82) is 5.26 Å². The topological polar surface area (TPSA) is 94.5 Å². The van der Waals surface area contributed by atoms with Crippen molar-refractivity contribution in [2.45, 2.75) is 13.5 Å². The summed E-state index contributed by atoms with van der Waals surface area (Å²) in [6, 6.07) is 6.96. The molecule has 3 rings (SSSR count). The molecule has 148 valence electrons. The van der Waals surface area contributed by atoms with Crippen LogP contribution in [0.25, 0.3) is 0 Å². The molecule has 1 aliphatic heterocycles. The molecule has 1 aromatic carbocycles. The molecule has 0 spiro atoms. The van der Waals surface area contributed by atoms with Crippen LogP contribution in [0.4, 0.5) is 0 Å². The van der Waals surface area contributed by atoms with Gasteiger partial charge in [-0.05, 0) is 25.1 Å². The Morgan fingerprint density at radius 3 is 2.75 bits per heavy atom. The number of aromatic amines is 1. The van der Waals surface area contributed by atoms with Crippen LogP contribution in [0.1, 0.15) is 17.0 Å². The van der Waals surface area contributed by atoms with Gasteiger partial charge in [-0.15, -0.1) is 0 Å². The number of amides is 1. The van der Waals surface area contributed by atoms with Crippen molar-refractivity contribution in [2.24, 2.45) is 0 Å². The number of hydrogen-bond acceptors (Lipinski definition) is 6. The molecule has 1 amide bonds. The smallest absolute Gasteiger partial charge is 0.248 e. The summed E-state index contributed by atoms with van der Waals surface area (Å²) >= 11 is 6.06. The average molecular weight is 404 g/mol. The third-order valence-corrected chi connectivity index (χ3v) is 4.77. The summed E-state index contributed by atoms with van der Waals surface area (Å²) in [5, 5.41) is 16.9. The predicted molar refractivity (Wildman–Crippen MR) is 103 cm³/mol. The highest BCUT2D eigenvalue weighted by Gasteiger charge is 2.23. The maximum Gasteiger partial charge on any atom is 0.248 e. The van der Waals surface area contributed by atoms with E-state index in [1.807, 2.05) is 11.8 Å². The number of hydrogen-bond donors (Lipinski definition) is 1. The number of ether oxygens (including phenoxy) is 2. The van der Waals surface area contributed by atoms with Crippen molar-refractivity contribution in [1.82, 2.24) is 20.0 Å². The SMILES string of the molecule is COCC(=O)N1CCN(Cc2n[nH]c(C)c2Oc2cc(Cl)cc(C#N)c2)CC1. The van der Waals surface area contributed by atoms with Crippen molar-refractivity contribution < 1.29 is 14.3 Å². The van der Waals surface area contributed by atoms with E-state index in [0.717, 1.165) is 24.5 Å². The normalized spacial score (nSPS) is 14.7. The maximum absolute atomic E-state index is 11.9. The maximum atomic E-state index is 11.9. The van der Waals surface area contributed by atoms with Crippen molar-refractivity contribution in [3.63, 3.8) is 0 Å². The van der Waals surface area contributed by atoms with Gasteiger partial charge >= 0.3 is 0 Å². The van der Waals surface area contributed by atoms with Crippen LogP contribution >= 0.6 is 11.6 Å². The lowest BCUT2D eigenvalue weighted by atomic mass is 10.2. The van der Waals surface area contributed by atoms with Gasteiger partial charge in [-0.1, -0.05) is 11.6 Å². The van der Waals surface area contributed by atoms with E-state index < -0.39 is 0 Å². The van der Waals surface area contributed by atoms with Crippen LogP contribution in [0.5, 0.6) is 11.5 Å². The first-order chi connectivity index (χ1) is 13.5. The summed E-state index contributed by atoms with van der Waals surface area (Å²) in [6.07, 6.45) is 0. The molecule has 8 nitrogen and oxygen atoms in total. The molecule has 2 heterocycles. The minimum Gasteiger partial charge on any atom is -0.453 e. The molecule has 0 bridgehead atoms. The number of carbonyl (C=O) groups is 1. The molecule has 1 aromatic heterocycles. The summed E-state index contributed by atoms with van der Waals surface area (Å²) in [5.74, 6) is 1.13. The Morgan fingerprint density at radius 1 is 1.32 bits per heavy atom. The number of aromatic nitrogens is 2. The predicted octanol–water partition coefficient (Wildman–Crippen LogP) is 2.33. The van der Waals surface area contributed by atoms with E-state index in [1.165, 1.54) is 7.11 Å². The zero-order chi connectivity index (χ0) is 20.1. The second kappa shape index (κ2) is 9.06. The van der Waals surface area contributed by atoms with Crippen LogP contribution in [-0.4, -0.2) is 65.8 Å². The number of nitrogens with zero attached hydrogens (tertiary/aromatic N) is 4. The van der Waals surface area contributed by atoms with Crippen molar-refractivity contribution in [2.75, 3.05) is 39.9 Å². The van der Waals surface area contributed by atoms with E-state index in [0.29, 0.717) is 41.7 Å². The number of halogens is 1. The Morgan fingerprint density at radius 2 is 2.07 bits per heavy atom. The summed E-state index contributed by atoms with van der Waals surface area (Å²) in [4.78, 5) is 15.9. The number of benzene rings is 1. The van der Waals surface area contributed by atoms with Crippen LogP contribution < -0.4 is 4.74 Å². The standard InChI is InChI=1S/C19H22ClN5O3/c1-13-19(28-16-8-14(10-21)7-15(20)9-16)17(23-22-13)11-24-3-5-25(6-4-24)18(26)12-27-2/h7-9H,3-6,11-12H2,1-2H3,(H,22,23). The molecule has 0 aliphatic carbocycles. The lowest BCUT2D eigenvalue weighted by molar-refractivity contribution is -0.136. The molecule has 1 aliphatic rings. The monoisotopic (exact) mass is 403 g/mol. The number of aryl methyl sites for hydroxylation is 1. The lowest BCUT2D eigenvalue weighted by Gasteiger charge is -2.34. The minimum absolute atomic E-state index is 0.0102. The Hall–Kier alpha value is -2.60. The summed E-state index contributed by atoms with van der Waals surface area (Å²) in [7, 11) is 1.52. The van der Waals surface area contributed by atoms with Crippen LogP contribution in [0.15, 0.2) is 18.2 Å². The van der Waals surface area contributed by atoms with E-state index in [2.05, 4.69) is 21.2 Å². The van der Waals surface area contributed by atoms with Crippen LogP contribution in [-0.2, 0) is 16.1 Å². The largest absolute Gasteiger partial charge is 0.453 e. The molecule has 0 unspecified atom stereocenters. The zero-order valence-corrected chi connectivity index (χ0v) is 16.6. The summed E-state index contributed by atoms with van der Waals surface area (Å²) in [5.41, 5.74) is 2.00. The number of H-pyrrole nitrogens is 1. The fourth-order valence-electron chi connectivity index (χ4n) is 3.10. The molecule has 1 saturated heterocycles. The van der Waals surface area contributed by atoms with Gasteiger partial charge in [-0.2, -0.15) is 10.4 Å². The van der Waals surface area contributed by atoms with Gasteiger partial charge in [0.25, 0.3) is 0 Å². The molecule has 0 radical (unpaired) electrons. The summed E-state index contributed by atoms with van der Waals surface area (Å²) in [6.45, 7) is 5.39. The molecular weight excluding hydrogens is 382 g/mol. The first kappa shape index (κ1) is 20.1. The molecule has 0 atom stereocenters. The Bertz CT molecular complexity index is 884. The number of rotatable bonds is 6. The van der Waals surface area contributed by atoms with Gasteiger partial charge in [0.15, 0.2) is 5.75 Å².